The van der Waals surface area contributed by atoms with Crippen molar-refractivity contribution in [2.24, 2.45) is 0 Å². The molecular formula is C13H13Cl2NO4. The molecule has 0 aliphatic carbocycles. The topological polar surface area (TPSA) is 66.8 Å². The van der Waals surface area contributed by atoms with E-state index < -0.39 is 18.1 Å². The van der Waals surface area contributed by atoms with Crippen LogP contribution in [0.1, 0.15) is 6.92 Å². The molecule has 1 amide bonds. The van der Waals surface area contributed by atoms with Gasteiger partial charge in [-0.1, -0.05) is 35.9 Å². The van der Waals surface area contributed by atoms with E-state index in [2.05, 4.69) is 6.58 Å². The number of rotatable bonds is 5. The molecule has 0 radical (unpaired) electrons. The zero-order valence-electron chi connectivity index (χ0n) is 10.7. The highest BCUT2D eigenvalue weighted by molar-refractivity contribution is 6.36. The van der Waals surface area contributed by atoms with Gasteiger partial charge in [0.15, 0.2) is 0 Å². The summed E-state index contributed by atoms with van der Waals surface area (Å²) in [6.07, 6.45) is 0.550. The Kier molecular flexibility index (Phi) is 5.85. The highest BCUT2D eigenvalue weighted by atomic mass is 35.5. The van der Waals surface area contributed by atoms with Crippen LogP contribution in [-0.4, -0.2) is 29.8 Å². The Morgan fingerprint density at radius 2 is 2.15 bits per heavy atom. The third-order valence-electron chi connectivity index (χ3n) is 2.44. The van der Waals surface area contributed by atoms with E-state index in [0.717, 1.165) is 4.90 Å². The molecule has 1 aromatic carbocycles. The quantitative estimate of drug-likeness (QED) is 0.843. The molecule has 1 aromatic rings. The Morgan fingerprint density at radius 1 is 1.50 bits per heavy atom. The second-order valence-electron chi connectivity index (χ2n) is 3.85. The first-order valence-electron chi connectivity index (χ1n) is 5.63. The van der Waals surface area contributed by atoms with Gasteiger partial charge in [-0.15, -0.1) is 0 Å². The fourth-order valence-electron chi connectivity index (χ4n) is 1.45. The molecule has 20 heavy (non-hydrogen) atoms. The van der Waals surface area contributed by atoms with Crippen LogP contribution in [-0.2, 0) is 9.53 Å². The summed E-state index contributed by atoms with van der Waals surface area (Å²) in [5, 5.41) is 9.62. The molecule has 108 valence electrons. The second-order valence-corrected chi connectivity index (χ2v) is 4.69. The predicted octanol–water partition coefficient (Wildman–Crippen LogP) is 3.60. The van der Waals surface area contributed by atoms with Gasteiger partial charge in [0.1, 0.15) is 12.6 Å². The van der Waals surface area contributed by atoms with Crippen LogP contribution in [0.25, 0.3) is 0 Å². The standard InChI is InChI=1S/C13H13Cl2NO4/c1-3-6-20-13(19)16(8(2)12(17)18)11-5-4-9(14)7-10(11)15/h3-5,7-8H,1,6H2,2H3,(H,17,18). The van der Waals surface area contributed by atoms with Crippen LogP contribution in [0.2, 0.25) is 10.0 Å². The minimum Gasteiger partial charge on any atom is -0.480 e. The van der Waals surface area contributed by atoms with E-state index in [-0.39, 0.29) is 17.3 Å². The number of hydrogen-bond donors (Lipinski definition) is 1. The molecule has 1 atom stereocenters. The van der Waals surface area contributed by atoms with E-state index in [4.69, 9.17) is 33.0 Å². The Bertz CT molecular complexity index is 533. The fourth-order valence-corrected chi connectivity index (χ4v) is 1.95. The van der Waals surface area contributed by atoms with Gasteiger partial charge in [-0.3, -0.25) is 4.90 Å². The Balaban J connectivity index is 3.18. The smallest absolute Gasteiger partial charge is 0.415 e. The van der Waals surface area contributed by atoms with Crippen LogP contribution in [0.4, 0.5) is 10.5 Å². The summed E-state index contributed by atoms with van der Waals surface area (Å²) in [6, 6.07) is 3.23. The maximum atomic E-state index is 12.0. The summed E-state index contributed by atoms with van der Waals surface area (Å²) in [7, 11) is 0. The number of carbonyl (C=O) groups excluding carboxylic acids is 1. The van der Waals surface area contributed by atoms with E-state index in [1.54, 1.807) is 0 Å². The molecule has 1 rings (SSSR count). The second kappa shape index (κ2) is 7.17. The van der Waals surface area contributed by atoms with Gasteiger partial charge in [0.2, 0.25) is 0 Å². The van der Waals surface area contributed by atoms with Crippen molar-refractivity contribution >= 4 is 41.0 Å². The van der Waals surface area contributed by atoms with Gasteiger partial charge >= 0.3 is 12.1 Å². The highest BCUT2D eigenvalue weighted by Gasteiger charge is 2.29. The van der Waals surface area contributed by atoms with Crippen molar-refractivity contribution in [3.05, 3.63) is 40.9 Å². The van der Waals surface area contributed by atoms with Gasteiger partial charge in [-0.05, 0) is 25.1 Å². The average molecular weight is 318 g/mol. The van der Waals surface area contributed by atoms with Crippen LogP contribution >= 0.6 is 23.2 Å². The van der Waals surface area contributed by atoms with Crippen LogP contribution in [0.15, 0.2) is 30.9 Å². The maximum absolute atomic E-state index is 12.0. The molecule has 0 saturated heterocycles. The number of carboxylic acid groups (broad SMARTS) is 1. The van der Waals surface area contributed by atoms with Gasteiger partial charge in [0.05, 0.1) is 10.7 Å². The summed E-state index contributed by atoms with van der Waals surface area (Å²) < 4.78 is 4.88. The Labute approximate surface area is 126 Å². The lowest BCUT2D eigenvalue weighted by Gasteiger charge is -2.26. The summed E-state index contributed by atoms with van der Waals surface area (Å²) >= 11 is 11.8. The molecule has 0 saturated carbocycles. The molecular weight excluding hydrogens is 305 g/mol. The molecule has 5 nitrogen and oxygen atoms in total. The van der Waals surface area contributed by atoms with Gasteiger partial charge in [-0.2, -0.15) is 0 Å². The number of ether oxygens (including phenoxy) is 1. The first-order chi connectivity index (χ1) is 9.38. The number of hydrogen-bond acceptors (Lipinski definition) is 3. The SMILES string of the molecule is C=CCOC(=O)N(c1ccc(Cl)cc1Cl)C(C)C(=O)O. The van der Waals surface area contributed by atoms with Crippen molar-refractivity contribution in [3.63, 3.8) is 0 Å². The first kappa shape index (κ1) is 16.3. The predicted molar refractivity (Wildman–Crippen MR) is 77.6 cm³/mol. The lowest BCUT2D eigenvalue weighted by atomic mass is 10.2. The monoisotopic (exact) mass is 317 g/mol. The van der Waals surface area contributed by atoms with Crippen LogP contribution in [0.5, 0.6) is 0 Å². The van der Waals surface area contributed by atoms with E-state index in [1.807, 2.05) is 0 Å². The van der Waals surface area contributed by atoms with Crippen molar-refractivity contribution in [2.75, 3.05) is 11.5 Å². The van der Waals surface area contributed by atoms with Crippen molar-refractivity contribution in [1.29, 1.82) is 0 Å². The molecule has 7 heteroatoms. The molecule has 0 aliphatic heterocycles. The molecule has 0 aromatic heterocycles. The van der Waals surface area contributed by atoms with Crippen molar-refractivity contribution < 1.29 is 19.4 Å². The van der Waals surface area contributed by atoms with Gasteiger partial charge in [0, 0.05) is 5.02 Å². The molecule has 0 bridgehead atoms. The van der Waals surface area contributed by atoms with Crippen molar-refractivity contribution in [1.82, 2.24) is 0 Å². The van der Waals surface area contributed by atoms with Crippen molar-refractivity contribution in [3.8, 4) is 0 Å². The molecule has 0 heterocycles. The van der Waals surface area contributed by atoms with Crippen LogP contribution in [0, 0.1) is 0 Å². The minimum absolute atomic E-state index is 0.0348. The molecule has 1 unspecified atom stereocenters. The Hall–Kier alpha value is -1.72. The Morgan fingerprint density at radius 3 is 2.65 bits per heavy atom. The summed E-state index contributed by atoms with van der Waals surface area (Å²) in [5.74, 6) is -1.19. The van der Waals surface area contributed by atoms with Gasteiger partial charge < -0.3 is 9.84 Å². The zero-order valence-corrected chi connectivity index (χ0v) is 12.2. The number of anilines is 1. The molecule has 0 spiro atoms. The lowest BCUT2D eigenvalue weighted by molar-refractivity contribution is -0.138. The third-order valence-corrected chi connectivity index (χ3v) is 2.97. The summed E-state index contributed by atoms with van der Waals surface area (Å²) in [6.45, 7) is 4.73. The zero-order chi connectivity index (χ0) is 15.3. The normalized spacial score (nSPS) is 11.6. The maximum Gasteiger partial charge on any atom is 0.415 e. The molecule has 0 aliphatic rings. The minimum atomic E-state index is -1.19. The molecule has 1 N–H and O–H groups in total. The number of nitrogens with zero attached hydrogens (tertiary/aromatic N) is 1. The first-order valence-corrected chi connectivity index (χ1v) is 6.38. The largest absolute Gasteiger partial charge is 0.480 e. The van der Waals surface area contributed by atoms with E-state index >= 15 is 0 Å². The van der Waals surface area contributed by atoms with E-state index in [0.29, 0.717) is 5.02 Å². The van der Waals surface area contributed by atoms with Crippen molar-refractivity contribution in [2.45, 2.75) is 13.0 Å². The average Bonchev–Trinajstić information content (AvgIpc) is 2.38. The number of benzene rings is 1. The lowest BCUT2D eigenvalue weighted by Crippen LogP contribution is -2.44. The number of halogens is 2. The van der Waals surface area contributed by atoms with Gasteiger partial charge in [-0.25, -0.2) is 9.59 Å². The number of aliphatic carboxylic acids is 1. The molecule has 0 fully saturated rings. The van der Waals surface area contributed by atoms with Crippen LogP contribution < -0.4 is 4.90 Å². The highest BCUT2D eigenvalue weighted by Crippen LogP contribution is 2.30. The summed E-state index contributed by atoms with van der Waals surface area (Å²) in [5.41, 5.74) is 0.208. The van der Waals surface area contributed by atoms with Crippen LogP contribution in [0.3, 0.4) is 0 Å². The number of amides is 1. The van der Waals surface area contributed by atoms with E-state index in [1.165, 1.54) is 31.2 Å². The summed E-state index contributed by atoms with van der Waals surface area (Å²) in [4.78, 5) is 24.1. The van der Waals surface area contributed by atoms with E-state index in [9.17, 15) is 9.59 Å². The third kappa shape index (κ3) is 3.88. The fraction of sp³-hybridized carbons (Fsp3) is 0.231. The van der Waals surface area contributed by atoms with Gasteiger partial charge in [0.25, 0.3) is 0 Å². The number of carbonyl (C=O) groups is 2. The number of carboxylic acids is 1.